The molecule has 0 saturated heterocycles. The molecule has 0 aliphatic heterocycles. The van der Waals surface area contributed by atoms with Crippen LogP contribution >= 0.6 is 0 Å². The number of aromatic nitrogens is 5. The van der Waals surface area contributed by atoms with Gasteiger partial charge in [0.25, 0.3) is 5.56 Å². The number of nitrogens with zero attached hydrogens (tertiary/aromatic N) is 2. The highest BCUT2D eigenvalue weighted by Crippen LogP contribution is 1.93. The summed E-state index contributed by atoms with van der Waals surface area (Å²) in [6.45, 7) is 0.328. The van der Waals surface area contributed by atoms with Crippen LogP contribution in [0, 0.1) is 0 Å². The van der Waals surface area contributed by atoms with E-state index in [4.69, 9.17) is 0 Å². The molecule has 78 valence electrons. The monoisotopic (exact) mass is 208 g/mol. The van der Waals surface area contributed by atoms with Gasteiger partial charge in [-0.05, 0) is 0 Å². The lowest BCUT2D eigenvalue weighted by molar-refractivity contribution is 0.873. The van der Waals surface area contributed by atoms with E-state index in [1.54, 1.807) is 12.4 Å². The van der Waals surface area contributed by atoms with Crippen molar-refractivity contribution in [1.82, 2.24) is 25.1 Å². The molecule has 0 aliphatic rings. The molecule has 8 nitrogen and oxygen atoms in total. The summed E-state index contributed by atoms with van der Waals surface area (Å²) in [5, 5.41) is 8.38. The van der Waals surface area contributed by atoms with E-state index >= 15 is 0 Å². The highest BCUT2D eigenvalue weighted by molar-refractivity contribution is 5.28. The second kappa shape index (κ2) is 3.78. The smallest absolute Gasteiger partial charge is 0.342 e. The van der Waals surface area contributed by atoms with Gasteiger partial charge in [0.1, 0.15) is 5.82 Å². The van der Waals surface area contributed by atoms with E-state index in [0.29, 0.717) is 12.4 Å². The molecule has 2 rings (SSSR count). The summed E-state index contributed by atoms with van der Waals surface area (Å²) in [6, 6.07) is 0. The SMILES string of the molecule is O=c1[nH]nc(NCc2ncc[nH]2)c(=O)[nH]1. The first-order valence-electron chi connectivity index (χ1n) is 4.17. The number of imidazole rings is 1. The summed E-state index contributed by atoms with van der Waals surface area (Å²) in [7, 11) is 0. The summed E-state index contributed by atoms with van der Waals surface area (Å²) in [5.74, 6) is 0.716. The quantitative estimate of drug-likeness (QED) is 0.504. The lowest BCUT2D eigenvalue weighted by atomic mass is 10.5. The van der Waals surface area contributed by atoms with Gasteiger partial charge in [-0.25, -0.2) is 14.9 Å². The van der Waals surface area contributed by atoms with Crippen molar-refractivity contribution < 1.29 is 0 Å². The topological polar surface area (TPSA) is 119 Å². The Morgan fingerprint density at radius 2 is 2.27 bits per heavy atom. The number of hydrogen-bond acceptors (Lipinski definition) is 5. The van der Waals surface area contributed by atoms with Crippen molar-refractivity contribution in [3.8, 4) is 0 Å². The molecule has 4 N–H and O–H groups in total. The number of rotatable bonds is 3. The van der Waals surface area contributed by atoms with Crippen LogP contribution < -0.4 is 16.6 Å². The maximum atomic E-state index is 11.2. The standard InChI is InChI=1S/C7H8N6O2/c14-6-5(12-13-7(15)11-6)10-3-4-8-1-2-9-4/h1-2H,3H2,(H,8,9)(H,10,12)(H2,11,13,14,15). The average Bonchev–Trinajstić information content (AvgIpc) is 2.69. The minimum atomic E-state index is -0.636. The Morgan fingerprint density at radius 1 is 1.40 bits per heavy atom. The highest BCUT2D eigenvalue weighted by atomic mass is 16.2. The predicted molar refractivity (Wildman–Crippen MR) is 51.4 cm³/mol. The molecule has 8 heteroatoms. The molecule has 2 aromatic heterocycles. The van der Waals surface area contributed by atoms with Gasteiger partial charge in [0.2, 0.25) is 5.82 Å². The van der Waals surface area contributed by atoms with Crippen LogP contribution in [0.1, 0.15) is 5.82 Å². The van der Waals surface area contributed by atoms with E-state index in [1.807, 2.05) is 4.98 Å². The highest BCUT2D eigenvalue weighted by Gasteiger charge is 2.01. The van der Waals surface area contributed by atoms with E-state index in [9.17, 15) is 9.59 Å². The molecular formula is C7H8N6O2. The second-order valence-corrected chi connectivity index (χ2v) is 2.74. The minimum absolute atomic E-state index is 0.0472. The number of hydrogen-bond donors (Lipinski definition) is 4. The van der Waals surface area contributed by atoms with E-state index in [0.717, 1.165) is 0 Å². The van der Waals surface area contributed by atoms with Crippen molar-refractivity contribution in [1.29, 1.82) is 0 Å². The fraction of sp³-hybridized carbons (Fsp3) is 0.143. The summed E-state index contributed by atoms with van der Waals surface area (Å²) in [4.78, 5) is 30.7. The number of anilines is 1. The molecule has 0 aromatic carbocycles. The zero-order valence-electron chi connectivity index (χ0n) is 7.57. The van der Waals surface area contributed by atoms with Gasteiger partial charge in [-0.1, -0.05) is 0 Å². The van der Waals surface area contributed by atoms with Crippen LogP contribution in [0.5, 0.6) is 0 Å². The van der Waals surface area contributed by atoms with Crippen LogP contribution in [0.15, 0.2) is 22.0 Å². The van der Waals surface area contributed by atoms with Crippen molar-refractivity contribution in [3.05, 3.63) is 39.1 Å². The lowest BCUT2D eigenvalue weighted by Gasteiger charge is -2.00. The molecule has 2 heterocycles. The molecule has 0 aliphatic carbocycles. The first-order valence-corrected chi connectivity index (χ1v) is 4.17. The van der Waals surface area contributed by atoms with Crippen LogP contribution in [0.3, 0.4) is 0 Å². The lowest BCUT2D eigenvalue weighted by Crippen LogP contribution is -2.26. The van der Waals surface area contributed by atoms with Crippen molar-refractivity contribution in [2.24, 2.45) is 0 Å². The molecule has 0 fully saturated rings. The molecule has 0 atom stereocenters. The predicted octanol–water partition coefficient (Wildman–Crippen LogP) is -1.21. The summed E-state index contributed by atoms with van der Waals surface area (Å²) in [6.07, 6.45) is 3.27. The Kier molecular flexibility index (Phi) is 2.31. The van der Waals surface area contributed by atoms with Crippen molar-refractivity contribution in [2.75, 3.05) is 5.32 Å². The van der Waals surface area contributed by atoms with Crippen LogP contribution in [0.25, 0.3) is 0 Å². The Morgan fingerprint density at radius 3 is 2.93 bits per heavy atom. The Hall–Kier alpha value is -2.38. The summed E-state index contributed by atoms with van der Waals surface area (Å²) >= 11 is 0. The zero-order chi connectivity index (χ0) is 10.7. The normalized spacial score (nSPS) is 10.1. The number of aromatic amines is 3. The molecule has 15 heavy (non-hydrogen) atoms. The third kappa shape index (κ3) is 2.10. The molecule has 0 radical (unpaired) electrons. The van der Waals surface area contributed by atoms with Crippen LogP contribution in [0.2, 0.25) is 0 Å². The zero-order valence-corrected chi connectivity index (χ0v) is 7.57. The first kappa shape index (κ1) is 9.19. The largest absolute Gasteiger partial charge is 0.357 e. The van der Waals surface area contributed by atoms with Crippen molar-refractivity contribution in [2.45, 2.75) is 6.54 Å². The fourth-order valence-electron chi connectivity index (χ4n) is 1.03. The number of nitrogens with one attached hydrogen (secondary N) is 4. The van der Waals surface area contributed by atoms with E-state index in [2.05, 4.69) is 25.5 Å². The maximum absolute atomic E-state index is 11.2. The molecular weight excluding hydrogens is 200 g/mol. The van der Waals surface area contributed by atoms with Gasteiger partial charge in [-0.2, -0.15) is 0 Å². The van der Waals surface area contributed by atoms with E-state index in [-0.39, 0.29) is 5.82 Å². The van der Waals surface area contributed by atoms with Gasteiger partial charge in [-0.15, -0.1) is 5.10 Å². The summed E-state index contributed by atoms with van der Waals surface area (Å²) < 4.78 is 0. The van der Waals surface area contributed by atoms with Gasteiger partial charge in [0, 0.05) is 12.4 Å². The van der Waals surface area contributed by atoms with E-state index < -0.39 is 11.2 Å². The van der Waals surface area contributed by atoms with Gasteiger partial charge in [0.05, 0.1) is 6.54 Å². The minimum Gasteiger partial charge on any atom is -0.357 e. The molecule has 0 bridgehead atoms. The maximum Gasteiger partial charge on any atom is 0.342 e. The van der Waals surface area contributed by atoms with Crippen molar-refractivity contribution >= 4 is 5.82 Å². The molecule has 0 saturated carbocycles. The van der Waals surface area contributed by atoms with Gasteiger partial charge < -0.3 is 10.3 Å². The summed E-state index contributed by atoms with van der Waals surface area (Å²) in [5.41, 5.74) is -1.20. The average molecular weight is 208 g/mol. The fourth-order valence-corrected chi connectivity index (χ4v) is 1.03. The molecule has 0 unspecified atom stereocenters. The van der Waals surface area contributed by atoms with Crippen LogP contribution in [-0.2, 0) is 6.54 Å². The molecule has 2 aromatic rings. The van der Waals surface area contributed by atoms with Gasteiger partial charge in [0.15, 0.2) is 0 Å². The third-order valence-electron chi connectivity index (χ3n) is 1.69. The Labute approximate surface area is 82.8 Å². The van der Waals surface area contributed by atoms with Crippen molar-refractivity contribution in [3.63, 3.8) is 0 Å². The number of H-pyrrole nitrogens is 3. The first-order chi connectivity index (χ1) is 7.25. The third-order valence-corrected chi connectivity index (χ3v) is 1.69. The van der Waals surface area contributed by atoms with Gasteiger partial charge >= 0.3 is 5.69 Å². The van der Waals surface area contributed by atoms with Crippen LogP contribution in [-0.4, -0.2) is 25.1 Å². The van der Waals surface area contributed by atoms with Gasteiger partial charge in [-0.3, -0.25) is 9.78 Å². The van der Waals surface area contributed by atoms with E-state index in [1.165, 1.54) is 0 Å². The second-order valence-electron chi connectivity index (χ2n) is 2.74. The molecule has 0 spiro atoms. The Bertz CT molecular complexity index is 539. The molecule has 0 amide bonds. The van der Waals surface area contributed by atoms with Crippen LogP contribution in [0.4, 0.5) is 5.82 Å². The Balaban J connectivity index is 2.12.